The molecule has 0 spiro atoms. The quantitative estimate of drug-likeness (QED) is 0.858. The van der Waals surface area contributed by atoms with E-state index in [9.17, 15) is 0 Å². The van der Waals surface area contributed by atoms with Gasteiger partial charge in [-0.25, -0.2) is 9.97 Å². The number of hydrogen-bond acceptors (Lipinski definition) is 4. The van der Waals surface area contributed by atoms with Crippen LogP contribution in [0.15, 0.2) is 6.33 Å². The van der Waals surface area contributed by atoms with Crippen LogP contribution in [0.1, 0.15) is 23.8 Å². The molecule has 1 aliphatic carbocycles. The van der Waals surface area contributed by atoms with E-state index in [1.165, 1.54) is 48.4 Å². The minimum atomic E-state index is 0.814. The fourth-order valence-corrected chi connectivity index (χ4v) is 4.94. The number of aromatic nitrogens is 2. The highest BCUT2D eigenvalue weighted by Crippen LogP contribution is 2.40. The van der Waals surface area contributed by atoms with Crippen molar-refractivity contribution in [3.8, 4) is 0 Å². The summed E-state index contributed by atoms with van der Waals surface area (Å²) in [5.41, 5.74) is 1.55. The van der Waals surface area contributed by atoms with E-state index in [1.807, 2.05) is 11.3 Å². The number of hydrogen-bond donors (Lipinski definition) is 1. The Hall–Kier alpha value is -1.20. The summed E-state index contributed by atoms with van der Waals surface area (Å²) in [7, 11) is 2.28. The lowest BCUT2D eigenvalue weighted by Gasteiger charge is -2.31. The minimum Gasteiger partial charge on any atom is -0.345 e. The van der Waals surface area contributed by atoms with Crippen LogP contribution in [-0.4, -0.2) is 43.2 Å². The van der Waals surface area contributed by atoms with E-state index in [0.29, 0.717) is 0 Å². The summed E-state index contributed by atoms with van der Waals surface area (Å²) in [6.45, 7) is 6.99. The maximum Gasteiger partial charge on any atom is 0.141 e. The standard InChI is InChI=1S/C16H22N4S/c1-11-3-4-12-13(9-11)21-16-14(12)15(17-10-18-16)20-7-5-19(2)6-8-20/h10-11H,3-9H2,1-2H3/p+1/t11-/m0/s1. The first-order chi connectivity index (χ1) is 10.2. The highest BCUT2D eigenvalue weighted by molar-refractivity contribution is 7.19. The van der Waals surface area contributed by atoms with E-state index in [-0.39, 0.29) is 0 Å². The summed E-state index contributed by atoms with van der Waals surface area (Å²) in [5.74, 6) is 2.01. The van der Waals surface area contributed by atoms with E-state index in [4.69, 9.17) is 0 Å². The second kappa shape index (κ2) is 5.21. The molecule has 2 aromatic heterocycles. The number of anilines is 1. The molecule has 1 fully saturated rings. The normalized spacial score (nSPS) is 23.5. The third-order valence-corrected chi connectivity index (χ3v) is 6.15. The van der Waals surface area contributed by atoms with Gasteiger partial charge in [0.15, 0.2) is 0 Å². The molecule has 0 unspecified atom stereocenters. The predicted octanol–water partition coefficient (Wildman–Crippen LogP) is 1.15. The zero-order valence-electron chi connectivity index (χ0n) is 12.9. The molecule has 1 aliphatic heterocycles. The number of likely N-dealkylation sites (N-methyl/N-ethyl adjacent to an activating group) is 1. The van der Waals surface area contributed by atoms with E-state index in [2.05, 4.69) is 28.8 Å². The molecule has 4 rings (SSSR count). The molecule has 4 nitrogen and oxygen atoms in total. The predicted molar refractivity (Wildman–Crippen MR) is 87.4 cm³/mol. The number of nitrogens with one attached hydrogen (secondary N) is 1. The smallest absolute Gasteiger partial charge is 0.141 e. The Morgan fingerprint density at radius 2 is 2.10 bits per heavy atom. The molecule has 2 aliphatic rings. The van der Waals surface area contributed by atoms with Crippen molar-refractivity contribution in [2.45, 2.75) is 26.2 Å². The highest BCUT2D eigenvalue weighted by Gasteiger charge is 2.26. The van der Waals surface area contributed by atoms with Gasteiger partial charge in [0.25, 0.3) is 0 Å². The van der Waals surface area contributed by atoms with Crippen LogP contribution in [0.2, 0.25) is 0 Å². The van der Waals surface area contributed by atoms with Crippen molar-refractivity contribution in [1.82, 2.24) is 9.97 Å². The number of rotatable bonds is 1. The number of piperazine rings is 1. The zero-order chi connectivity index (χ0) is 14.4. The number of fused-ring (bicyclic) bond motifs is 3. The van der Waals surface area contributed by atoms with Crippen LogP contribution in [0, 0.1) is 5.92 Å². The van der Waals surface area contributed by atoms with Crippen molar-refractivity contribution < 1.29 is 4.90 Å². The van der Waals surface area contributed by atoms with Crippen LogP contribution in [0.5, 0.6) is 0 Å². The molecule has 1 atom stereocenters. The van der Waals surface area contributed by atoms with Crippen LogP contribution in [0.3, 0.4) is 0 Å². The molecule has 0 radical (unpaired) electrons. The molecule has 21 heavy (non-hydrogen) atoms. The fraction of sp³-hybridized carbons (Fsp3) is 0.625. The lowest BCUT2D eigenvalue weighted by Crippen LogP contribution is -3.12. The SMILES string of the molecule is C[C@H]1CCc2c(sc3ncnc(N4CC[NH+](C)CC4)c23)C1. The first-order valence-electron chi connectivity index (χ1n) is 8.04. The molecule has 2 aromatic rings. The molecule has 5 heteroatoms. The third kappa shape index (κ3) is 2.32. The lowest BCUT2D eigenvalue weighted by atomic mass is 9.89. The summed E-state index contributed by atoms with van der Waals surface area (Å²) >= 11 is 1.90. The van der Waals surface area contributed by atoms with E-state index >= 15 is 0 Å². The number of nitrogens with zero attached hydrogens (tertiary/aromatic N) is 3. The van der Waals surface area contributed by atoms with Gasteiger partial charge in [0.2, 0.25) is 0 Å². The Morgan fingerprint density at radius 1 is 1.29 bits per heavy atom. The Morgan fingerprint density at radius 3 is 2.90 bits per heavy atom. The number of quaternary nitrogens is 1. The van der Waals surface area contributed by atoms with Crippen molar-refractivity contribution in [3.05, 3.63) is 16.8 Å². The van der Waals surface area contributed by atoms with Crippen molar-refractivity contribution in [3.63, 3.8) is 0 Å². The van der Waals surface area contributed by atoms with Crippen LogP contribution in [0.4, 0.5) is 5.82 Å². The molecule has 0 aromatic carbocycles. The van der Waals surface area contributed by atoms with Crippen LogP contribution >= 0.6 is 11.3 Å². The summed E-state index contributed by atoms with van der Waals surface area (Å²) < 4.78 is 0. The molecular formula is C16H23N4S+. The molecule has 112 valence electrons. The summed E-state index contributed by atoms with van der Waals surface area (Å²) in [6, 6.07) is 0. The van der Waals surface area contributed by atoms with Gasteiger partial charge in [0.05, 0.1) is 38.6 Å². The average molecular weight is 303 g/mol. The molecule has 0 saturated carbocycles. The number of aryl methyl sites for hydroxylation is 1. The van der Waals surface area contributed by atoms with Crippen molar-refractivity contribution in [1.29, 1.82) is 0 Å². The maximum atomic E-state index is 4.67. The second-order valence-electron chi connectivity index (χ2n) is 6.67. The Kier molecular flexibility index (Phi) is 3.34. The van der Waals surface area contributed by atoms with Crippen LogP contribution in [0.25, 0.3) is 10.2 Å². The molecular weight excluding hydrogens is 280 g/mol. The summed E-state index contributed by atoms with van der Waals surface area (Å²) in [6.07, 6.45) is 5.49. The molecule has 0 amide bonds. The van der Waals surface area contributed by atoms with Gasteiger partial charge < -0.3 is 9.80 Å². The van der Waals surface area contributed by atoms with Crippen molar-refractivity contribution in [2.75, 3.05) is 38.1 Å². The van der Waals surface area contributed by atoms with E-state index < -0.39 is 0 Å². The van der Waals surface area contributed by atoms with Gasteiger partial charge in [0.1, 0.15) is 17.0 Å². The van der Waals surface area contributed by atoms with Crippen LogP contribution in [-0.2, 0) is 12.8 Å². The lowest BCUT2D eigenvalue weighted by molar-refractivity contribution is -0.880. The van der Waals surface area contributed by atoms with Gasteiger partial charge >= 0.3 is 0 Å². The Labute approximate surface area is 129 Å². The van der Waals surface area contributed by atoms with Crippen molar-refractivity contribution in [2.24, 2.45) is 5.92 Å². The van der Waals surface area contributed by atoms with E-state index in [1.54, 1.807) is 21.7 Å². The first-order valence-corrected chi connectivity index (χ1v) is 8.85. The van der Waals surface area contributed by atoms with Gasteiger partial charge in [0, 0.05) is 4.88 Å². The highest BCUT2D eigenvalue weighted by atomic mass is 32.1. The third-order valence-electron chi connectivity index (χ3n) is 4.99. The molecule has 0 bridgehead atoms. The van der Waals surface area contributed by atoms with Crippen LogP contribution < -0.4 is 9.80 Å². The molecule has 1 saturated heterocycles. The van der Waals surface area contributed by atoms with Gasteiger partial charge in [-0.15, -0.1) is 11.3 Å². The topological polar surface area (TPSA) is 33.5 Å². The Bertz CT molecular complexity index is 658. The minimum absolute atomic E-state index is 0.814. The fourth-order valence-electron chi connectivity index (χ4n) is 3.60. The van der Waals surface area contributed by atoms with Gasteiger partial charge in [-0.05, 0) is 30.7 Å². The molecule has 1 N–H and O–H groups in total. The summed E-state index contributed by atoms with van der Waals surface area (Å²) in [4.78, 5) is 16.1. The largest absolute Gasteiger partial charge is 0.345 e. The average Bonchev–Trinajstić information content (AvgIpc) is 2.85. The van der Waals surface area contributed by atoms with Crippen molar-refractivity contribution >= 4 is 27.4 Å². The first kappa shape index (κ1) is 13.5. The maximum absolute atomic E-state index is 4.67. The number of thiophene rings is 1. The summed E-state index contributed by atoms with van der Waals surface area (Å²) in [5, 5.41) is 1.36. The monoisotopic (exact) mass is 303 g/mol. The van der Waals surface area contributed by atoms with Gasteiger partial charge in [-0.1, -0.05) is 6.92 Å². The second-order valence-corrected chi connectivity index (χ2v) is 7.76. The molecule has 3 heterocycles. The van der Waals surface area contributed by atoms with Gasteiger partial charge in [-0.2, -0.15) is 0 Å². The Balaban J connectivity index is 1.79. The zero-order valence-corrected chi connectivity index (χ0v) is 13.7. The van der Waals surface area contributed by atoms with Gasteiger partial charge in [-0.3, -0.25) is 0 Å². The van der Waals surface area contributed by atoms with E-state index in [0.717, 1.165) is 19.0 Å².